The minimum Gasteiger partial charge on any atom is -0.619 e. The number of anilines is 1. The van der Waals surface area contributed by atoms with E-state index >= 15 is 0 Å². The molecular weight excluding hydrogens is 432 g/mol. The number of nitrogens with zero attached hydrogens (tertiary/aromatic N) is 6. The van der Waals surface area contributed by atoms with Crippen LogP contribution >= 0.6 is 22.9 Å². The number of hydrogen-bond acceptors (Lipinski definition) is 6. The molecule has 0 fully saturated rings. The van der Waals surface area contributed by atoms with Crippen LogP contribution in [0.4, 0.5) is 5.95 Å². The Labute approximate surface area is 188 Å². The molecule has 0 spiro atoms. The van der Waals surface area contributed by atoms with E-state index in [9.17, 15) is 5.21 Å². The van der Waals surface area contributed by atoms with Crippen LogP contribution in [0.1, 0.15) is 34.3 Å². The van der Waals surface area contributed by atoms with Gasteiger partial charge in [0.2, 0.25) is 0 Å². The first-order valence-electron chi connectivity index (χ1n) is 9.88. The molecule has 0 atom stereocenters. The number of fused-ring (bicyclic) bond motifs is 3. The SMILES string of the molecule is CCc1cc2c(s1)-n1c(C)nnc1N(Cc1ccc[n+]([O-])c1)N=C2c1ccc(Cl)cc1. The molecule has 156 valence electrons. The van der Waals surface area contributed by atoms with Crippen LogP contribution in [0.25, 0.3) is 5.00 Å². The highest BCUT2D eigenvalue weighted by molar-refractivity contribution is 7.15. The largest absolute Gasteiger partial charge is 0.619 e. The van der Waals surface area contributed by atoms with Crippen molar-refractivity contribution < 1.29 is 4.73 Å². The molecule has 0 aliphatic carbocycles. The summed E-state index contributed by atoms with van der Waals surface area (Å²) in [5.41, 5.74) is 3.64. The Bertz CT molecular complexity index is 1290. The second kappa shape index (κ2) is 7.79. The third-order valence-corrected chi connectivity index (χ3v) is 6.63. The quantitative estimate of drug-likeness (QED) is 0.344. The summed E-state index contributed by atoms with van der Waals surface area (Å²) in [5.74, 6) is 1.40. The van der Waals surface area contributed by atoms with Crippen molar-refractivity contribution in [2.24, 2.45) is 5.10 Å². The Balaban J connectivity index is 1.72. The summed E-state index contributed by atoms with van der Waals surface area (Å²) in [6, 6.07) is 13.5. The van der Waals surface area contributed by atoms with Crippen molar-refractivity contribution in [3.8, 4) is 5.00 Å². The standard InChI is InChI=1S/C22H19ClN6OS/c1-3-18-11-19-20(16-6-8-17(23)9-7-16)26-28(13-15-5-4-10-27(30)12-15)22-25-24-14(2)29(22)21(19)31-18/h4-12H,3,13H2,1-2H3. The number of aryl methyl sites for hydroxylation is 2. The summed E-state index contributed by atoms with van der Waals surface area (Å²) in [6.07, 6.45) is 3.94. The average molecular weight is 451 g/mol. The third-order valence-electron chi connectivity index (χ3n) is 5.12. The number of hydrazone groups is 1. The second-order valence-corrected chi connectivity index (χ2v) is 8.80. The molecule has 0 saturated heterocycles. The van der Waals surface area contributed by atoms with Crippen molar-refractivity contribution in [2.75, 3.05) is 5.01 Å². The molecule has 0 amide bonds. The van der Waals surface area contributed by atoms with Crippen molar-refractivity contribution in [2.45, 2.75) is 26.8 Å². The smallest absolute Gasteiger partial charge is 0.253 e. The number of halogens is 1. The summed E-state index contributed by atoms with van der Waals surface area (Å²) in [4.78, 5) is 1.26. The maximum Gasteiger partial charge on any atom is 0.253 e. The summed E-state index contributed by atoms with van der Waals surface area (Å²) in [5, 5.41) is 29.1. The fraction of sp³-hybridized carbons (Fsp3) is 0.182. The first kappa shape index (κ1) is 19.7. The Morgan fingerprint density at radius 1 is 1.16 bits per heavy atom. The van der Waals surface area contributed by atoms with E-state index in [4.69, 9.17) is 16.7 Å². The van der Waals surface area contributed by atoms with Gasteiger partial charge in [0.1, 0.15) is 16.5 Å². The summed E-state index contributed by atoms with van der Waals surface area (Å²) in [7, 11) is 0. The lowest BCUT2D eigenvalue weighted by Crippen LogP contribution is -2.27. The van der Waals surface area contributed by atoms with Crippen molar-refractivity contribution >= 4 is 34.6 Å². The van der Waals surface area contributed by atoms with Crippen LogP contribution in [0.15, 0.2) is 60.0 Å². The topological polar surface area (TPSA) is 73.2 Å². The van der Waals surface area contributed by atoms with E-state index < -0.39 is 0 Å². The van der Waals surface area contributed by atoms with Gasteiger partial charge in [0.25, 0.3) is 5.95 Å². The Morgan fingerprint density at radius 2 is 1.97 bits per heavy atom. The molecule has 0 bridgehead atoms. The number of benzene rings is 1. The zero-order valence-corrected chi connectivity index (χ0v) is 18.6. The maximum atomic E-state index is 11.8. The molecule has 1 aliphatic heterocycles. The van der Waals surface area contributed by atoms with E-state index in [0.29, 0.717) is 17.5 Å². The summed E-state index contributed by atoms with van der Waals surface area (Å²) >= 11 is 7.85. The maximum absolute atomic E-state index is 11.8. The van der Waals surface area contributed by atoms with E-state index in [-0.39, 0.29) is 0 Å². The van der Waals surface area contributed by atoms with E-state index in [2.05, 4.69) is 23.2 Å². The minimum atomic E-state index is 0.383. The van der Waals surface area contributed by atoms with Crippen molar-refractivity contribution in [3.05, 3.63) is 92.5 Å². The first-order valence-corrected chi connectivity index (χ1v) is 11.1. The lowest BCUT2D eigenvalue weighted by atomic mass is 10.0. The predicted molar refractivity (Wildman–Crippen MR) is 122 cm³/mol. The van der Waals surface area contributed by atoms with E-state index in [1.807, 2.05) is 41.8 Å². The van der Waals surface area contributed by atoms with Gasteiger partial charge < -0.3 is 5.21 Å². The molecule has 0 N–H and O–H groups in total. The molecular formula is C22H19ClN6OS. The molecule has 5 rings (SSSR count). The van der Waals surface area contributed by atoms with Gasteiger partial charge >= 0.3 is 0 Å². The van der Waals surface area contributed by atoms with Crippen LogP contribution in [0, 0.1) is 12.1 Å². The number of rotatable bonds is 4. The van der Waals surface area contributed by atoms with Gasteiger partial charge in [-0.15, -0.1) is 21.5 Å². The molecule has 4 heterocycles. The van der Waals surface area contributed by atoms with Gasteiger partial charge in [0.15, 0.2) is 12.4 Å². The lowest BCUT2D eigenvalue weighted by Gasteiger charge is -2.17. The molecule has 31 heavy (non-hydrogen) atoms. The Morgan fingerprint density at radius 3 is 2.71 bits per heavy atom. The van der Waals surface area contributed by atoms with Gasteiger partial charge in [0, 0.05) is 32.7 Å². The normalized spacial score (nSPS) is 12.9. The zero-order chi connectivity index (χ0) is 21.5. The van der Waals surface area contributed by atoms with Gasteiger partial charge in [-0.1, -0.05) is 30.7 Å². The van der Waals surface area contributed by atoms with Gasteiger partial charge in [-0.25, -0.2) is 5.01 Å². The zero-order valence-electron chi connectivity index (χ0n) is 17.0. The van der Waals surface area contributed by atoms with Crippen molar-refractivity contribution in [1.82, 2.24) is 14.8 Å². The molecule has 0 radical (unpaired) electrons. The fourth-order valence-corrected chi connectivity index (χ4v) is 4.88. The van der Waals surface area contributed by atoms with E-state index in [0.717, 1.165) is 44.4 Å². The van der Waals surface area contributed by atoms with Gasteiger partial charge in [-0.2, -0.15) is 9.83 Å². The number of thiophene rings is 1. The molecule has 0 saturated carbocycles. The molecule has 0 unspecified atom stereocenters. The highest BCUT2D eigenvalue weighted by Crippen LogP contribution is 2.36. The fourth-order valence-electron chi connectivity index (χ4n) is 3.61. The molecule has 7 nitrogen and oxygen atoms in total. The highest BCUT2D eigenvalue weighted by atomic mass is 35.5. The Kier molecular flexibility index (Phi) is 4.95. The van der Waals surface area contributed by atoms with Crippen LogP contribution in [0.5, 0.6) is 0 Å². The van der Waals surface area contributed by atoms with Crippen molar-refractivity contribution in [3.63, 3.8) is 0 Å². The lowest BCUT2D eigenvalue weighted by molar-refractivity contribution is -0.605. The summed E-state index contributed by atoms with van der Waals surface area (Å²) < 4.78 is 2.83. The van der Waals surface area contributed by atoms with Crippen LogP contribution in [-0.4, -0.2) is 20.5 Å². The number of pyridine rings is 1. The monoisotopic (exact) mass is 450 g/mol. The number of hydrogen-bond donors (Lipinski definition) is 0. The van der Waals surface area contributed by atoms with Crippen LogP contribution < -0.4 is 9.74 Å². The molecule has 9 heteroatoms. The van der Waals surface area contributed by atoms with Crippen molar-refractivity contribution in [1.29, 1.82) is 0 Å². The van der Waals surface area contributed by atoms with Gasteiger partial charge in [-0.05, 0) is 37.6 Å². The molecule has 4 aromatic rings. The molecule has 1 aromatic carbocycles. The third kappa shape index (κ3) is 3.58. The van der Waals surface area contributed by atoms with Crippen LogP contribution in [0.2, 0.25) is 5.02 Å². The van der Waals surface area contributed by atoms with Gasteiger partial charge in [-0.3, -0.25) is 4.57 Å². The van der Waals surface area contributed by atoms with Crippen LogP contribution in [-0.2, 0) is 13.0 Å². The Hall–Kier alpha value is -3.23. The van der Waals surface area contributed by atoms with Gasteiger partial charge in [0.05, 0.1) is 6.54 Å². The average Bonchev–Trinajstić information content (AvgIpc) is 3.32. The second-order valence-electron chi connectivity index (χ2n) is 7.25. The minimum absolute atomic E-state index is 0.383. The predicted octanol–water partition coefficient (Wildman–Crippen LogP) is 4.26. The number of aromatic nitrogens is 4. The highest BCUT2D eigenvalue weighted by Gasteiger charge is 2.28. The first-order chi connectivity index (χ1) is 15.0. The summed E-state index contributed by atoms with van der Waals surface area (Å²) in [6.45, 7) is 4.46. The molecule has 1 aliphatic rings. The van der Waals surface area contributed by atoms with E-state index in [1.165, 1.54) is 11.1 Å². The van der Waals surface area contributed by atoms with E-state index in [1.54, 1.807) is 28.6 Å². The van der Waals surface area contributed by atoms with Crippen LogP contribution in [0.3, 0.4) is 0 Å². The molecule has 3 aromatic heterocycles.